The summed E-state index contributed by atoms with van der Waals surface area (Å²) >= 11 is 0. The Bertz CT molecular complexity index is 733. The first-order valence-corrected chi connectivity index (χ1v) is 6.56. The molecule has 0 aliphatic rings. The lowest BCUT2D eigenvalue weighted by Gasteiger charge is -2.00. The van der Waals surface area contributed by atoms with Crippen molar-refractivity contribution in [2.75, 3.05) is 5.43 Å². The molecule has 0 radical (unpaired) electrons. The van der Waals surface area contributed by atoms with E-state index in [0.29, 0.717) is 11.6 Å². The van der Waals surface area contributed by atoms with Gasteiger partial charge in [-0.15, -0.1) is 0 Å². The van der Waals surface area contributed by atoms with Gasteiger partial charge in [0.2, 0.25) is 5.71 Å². The molecule has 0 atom stereocenters. The number of nitrogens with two attached hydrogens (primary N) is 1. The van der Waals surface area contributed by atoms with Crippen LogP contribution in [0, 0.1) is 22.7 Å². The van der Waals surface area contributed by atoms with E-state index in [9.17, 15) is 0 Å². The fourth-order valence-electron chi connectivity index (χ4n) is 1.88. The Balaban J connectivity index is 2.23. The van der Waals surface area contributed by atoms with E-state index in [4.69, 9.17) is 16.4 Å². The summed E-state index contributed by atoms with van der Waals surface area (Å²) in [6, 6.07) is 7.28. The number of nitrogens with zero attached hydrogens (tertiary/aromatic N) is 3. The lowest BCUT2D eigenvalue weighted by Crippen LogP contribution is -2.21. The van der Waals surface area contributed by atoms with Gasteiger partial charge in [-0.25, -0.2) is 4.98 Å². The Morgan fingerprint density at radius 3 is 2.95 bits per heavy atom. The number of anilines is 1. The first-order valence-electron chi connectivity index (χ1n) is 6.56. The van der Waals surface area contributed by atoms with Gasteiger partial charge in [0.1, 0.15) is 11.9 Å². The first kappa shape index (κ1) is 14.5. The smallest absolute Gasteiger partial charge is 0.201 e. The zero-order valence-electron chi connectivity index (χ0n) is 11.9. The van der Waals surface area contributed by atoms with Crippen LogP contribution in [0.1, 0.15) is 19.7 Å². The molecule has 0 bridgehead atoms. The van der Waals surface area contributed by atoms with E-state index < -0.39 is 0 Å². The number of benzene rings is 1. The molecule has 0 unspecified atom stereocenters. The van der Waals surface area contributed by atoms with E-state index >= 15 is 0 Å². The van der Waals surface area contributed by atoms with Crippen molar-refractivity contribution in [2.45, 2.75) is 20.3 Å². The number of amidine groups is 1. The zero-order chi connectivity index (χ0) is 15.4. The van der Waals surface area contributed by atoms with Crippen molar-refractivity contribution in [3.8, 4) is 6.07 Å². The Hall–Kier alpha value is -2.88. The standard InChI is InChI=1S/C14H17N7/c1-8(2)5-13-18-10-4-3-9(6-11(10)19-13)20-21-12(7-15)14(16)17/h3-4,6,8,20H,5H2,1-2H3,(H3,16,17)(H,18,19)/b21-12+. The molecule has 7 nitrogen and oxygen atoms in total. The van der Waals surface area contributed by atoms with Crippen molar-refractivity contribution in [3.05, 3.63) is 24.0 Å². The molecule has 1 aromatic carbocycles. The average Bonchev–Trinajstić information content (AvgIpc) is 2.79. The number of aromatic amines is 1. The van der Waals surface area contributed by atoms with Crippen LogP contribution in [0.5, 0.6) is 0 Å². The van der Waals surface area contributed by atoms with Crippen LogP contribution >= 0.6 is 0 Å². The maximum atomic E-state index is 8.78. The summed E-state index contributed by atoms with van der Waals surface area (Å²) in [5, 5.41) is 19.8. The first-order chi connectivity index (χ1) is 9.99. The van der Waals surface area contributed by atoms with Crippen LogP contribution in [0.4, 0.5) is 5.69 Å². The van der Waals surface area contributed by atoms with Crippen LogP contribution in [-0.4, -0.2) is 21.5 Å². The molecule has 2 rings (SSSR count). The molecule has 1 aromatic heterocycles. The summed E-state index contributed by atoms with van der Waals surface area (Å²) in [7, 11) is 0. The normalized spacial score (nSPS) is 11.6. The fraction of sp³-hybridized carbons (Fsp3) is 0.286. The van der Waals surface area contributed by atoms with Gasteiger partial charge >= 0.3 is 0 Å². The van der Waals surface area contributed by atoms with Crippen molar-refractivity contribution in [2.24, 2.45) is 16.8 Å². The SMILES string of the molecule is CC(C)Cc1nc2ccc(N/N=C(\C#N)C(=N)N)cc2[nH]1. The molecule has 0 saturated heterocycles. The quantitative estimate of drug-likeness (QED) is 0.380. The predicted octanol–water partition coefficient (Wildman–Crippen LogP) is 1.99. The highest BCUT2D eigenvalue weighted by Crippen LogP contribution is 2.18. The molecule has 108 valence electrons. The van der Waals surface area contributed by atoms with Crippen LogP contribution in [-0.2, 0) is 6.42 Å². The lowest BCUT2D eigenvalue weighted by molar-refractivity contribution is 0.627. The van der Waals surface area contributed by atoms with Gasteiger partial charge in [-0.05, 0) is 24.1 Å². The van der Waals surface area contributed by atoms with Gasteiger partial charge in [0.25, 0.3) is 0 Å². The number of H-pyrrole nitrogens is 1. The molecule has 0 fully saturated rings. The van der Waals surface area contributed by atoms with Crippen LogP contribution in [0.2, 0.25) is 0 Å². The van der Waals surface area contributed by atoms with Crippen molar-refractivity contribution in [3.63, 3.8) is 0 Å². The largest absolute Gasteiger partial charge is 0.382 e. The van der Waals surface area contributed by atoms with Crippen LogP contribution in [0.25, 0.3) is 11.0 Å². The van der Waals surface area contributed by atoms with Gasteiger partial charge in [-0.1, -0.05) is 13.8 Å². The molecule has 0 amide bonds. The fourth-order valence-corrected chi connectivity index (χ4v) is 1.88. The highest BCUT2D eigenvalue weighted by atomic mass is 15.3. The second-order valence-electron chi connectivity index (χ2n) is 5.11. The molecule has 7 heteroatoms. The number of fused-ring (bicyclic) bond motifs is 1. The number of imidazole rings is 1. The number of hydrogen-bond acceptors (Lipinski definition) is 5. The number of rotatable bonds is 5. The Morgan fingerprint density at radius 1 is 1.57 bits per heavy atom. The van der Waals surface area contributed by atoms with E-state index in [0.717, 1.165) is 23.3 Å². The molecule has 0 aliphatic carbocycles. The summed E-state index contributed by atoms with van der Waals surface area (Å²) in [5.74, 6) is 1.11. The summed E-state index contributed by atoms with van der Waals surface area (Å²) in [6.45, 7) is 4.28. The van der Waals surface area contributed by atoms with E-state index in [1.165, 1.54) is 0 Å². The molecular weight excluding hydrogens is 266 g/mol. The predicted molar refractivity (Wildman–Crippen MR) is 83.2 cm³/mol. The van der Waals surface area contributed by atoms with E-state index in [-0.39, 0.29) is 11.5 Å². The Labute approximate surface area is 122 Å². The molecular formula is C14H17N7. The molecule has 5 N–H and O–H groups in total. The van der Waals surface area contributed by atoms with E-state index in [1.54, 1.807) is 12.1 Å². The summed E-state index contributed by atoms with van der Waals surface area (Å²) in [4.78, 5) is 7.77. The van der Waals surface area contributed by atoms with Crippen molar-refractivity contribution >= 4 is 28.3 Å². The van der Waals surface area contributed by atoms with Gasteiger partial charge in [0.05, 0.1) is 16.7 Å². The molecule has 0 aliphatic heterocycles. The lowest BCUT2D eigenvalue weighted by atomic mass is 10.1. The topological polar surface area (TPSA) is 127 Å². The number of aromatic nitrogens is 2. The highest BCUT2D eigenvalue weighted by molar-refractivity contribution is 6.45. The third-order valence-electron chi connectivity index (χ3n) is 2.79. The number of nitrogens with one attached hydrogen (secondary N) is 3. The molecule has 2 aromatic rings. The van der Waals surface area contributed by atoms with Crippen molar-refractivity contribution < 1.29 is 0 Å². The number of nitriles is 1. The monoisotopic (exact) mass is 283 g/mol. The molecule has 21 heavy (non-hydrogen) atoms. The van der Waals surface area contributed by atoms with Gasteiger partial charge in [-0.3, -0.25) is 10.8 Å². The third kappa shape index (κ3) is 3.57. The molecule has 0 saturated carbocycles. The number of hydrazone groups is 1. The summed E-state index contributed by atoms with van der Waals surface area (Å²) < 4.78 is 0. The Kier molecular flexibility index (Phi) is 4.18. The minimum absolute atomic E-state index is 0.153. The third-order valence-corrected chi connectivity index (χ3v) is 2.79. The molecule has 1 heterocycles. The second-order valence-corrected chi connectivity index (χ2v) is 5.11. The van der Waals surface area contributed by atoms with Gasteiger partial charge in [-0.2, -0.15) is 10.4 Å². The van der Waals surface area contributed by atoms with Crippen molar-refractivity contribution in [1.29, 1.82) is 10.7 Å². The van der Waals surface area contributed by atoms with Gasteiger partial charge in [0, 0.05) is 6.42 Å². The summed E-state index contributed by atoms with van der Waals surface area (Å²) in [5.41, 5.74) is 10.3. The average molecular weight is 283 g/mol. The minimum Gasteiger partial charge on any atom is -0.382 e. The minimum atomic E-state index is -0.369. The maximum absolute atomic E-state index is 8.78. The highest BCUT2D eigenvalue weighted by Gasteiger charge is 2.06. The van der Waals surface area contributed by atoms with Gasteiger partial charge < -0.3 is 10.7 Å². The van der Waals surface area contributed by atoms with Crippen LogP contribution in [0.15, 0.2) is 23.3 Å². The van der Waals surface area contributed by atoms with Gasteiger partial charge in [0.15, 0.2) is 5.84 Å². The van der Waals surface area contributed by atoms with E-state index in [2.05, 4.69) is 34.3 Å². The Morgan fingerprint density at radius 2 is 2.33 bits per heavy atom. The summed E-state index contributed by atoms with van der Waals surface area (Å²) in [6.07, 6.45) is 0.887. The number of hydrogen-bond donors (Lipinski definition) is 4. The van der Waals surface area contributed by atoms with Crippen molar-refractivity contribution in [1.82, 2.24) is 9.97 Å². The second kappa shape index (κ2) is 6.05. The van der Waals surface area contributed by atoms with Crippen LogP contribution in [0.3, 0.4) is 0 Å². The zero-order valence-corrected chi connectivity index (χ0v) is 11.9. The molecule has 0 spiro atoms. The van der Waals surface area contributed by atoms with E-state index in [1.807, 2.05) is 12.1 Å². The maximum Gasteiger partial charge on any atom is 0.201 e. The van der Waals surface area contributed by atoms with Crippen LogP contribution < -0.4 is 11.2 Å².